The van der Waals surface area contributed by atoms with Crippen molar-refractivity contribution in [1.82, 2.24) is 0 Å². The van der Waals surface area contributed by atoms with Gasteiger partial charge in [-0.15, -0.1) is 0 Å². The van der Waals surface area contributed by atoms with Gasteiger partial charge in [0.05, 0.1) is 0 Å². The maximum absolute atomic E-state index is 6.85. The van der Waals surface area contributed by atoms with Crippen molar-refractivity contribution in [1.29, 1.82) is 0 Å². The number of hydrogen-bond acceptors (Lipinski definition) is 2. The molecule has 0 bridgehead atoms. The summed E-state index contributed by atoms with van der Waals surface area (Å²) >= 11 is 0. The molecule has 52 heavy (non-hydrogen) atoms. The molecule has 2 heterocycles. The third kappa shape index (κ3) is 6.08. The van der Waals surface area contributed by atoms with E-state index in [0.717, 1.165) is 22.9 Å². The van der Waals surface area contributed by atoms with Gasteiger partial charge in [0.25, 0.3) is 6.71 Å². The van der Waals surface area contributed by atoms with Gasteiger partial charge in [0, 0.05) is 22.5 Å². The van der Waals surface area contributed by atoms with Crippen LogP contribution in [0.3, 0.4) is 0 Å². The van der Waals surface area contributed by atoms with E-state index in [9.17, 15) is 0 Å². The minimum atomic E-state index is -0.228. The Morgan fingerprint density at radius 2 is 0.962 bits per heavy atom. The molecular weight excluding hydrogens is 629 g/mol. The van der Waals surface area contributed by atoms with Gasteiger partial charge in [-0.1, -0.05) is 151 Å². The van der Waals surface area contributed by atoms with Crippen LogP contribution in [0, 0.1) is 0 Å². The molecule has 2 aliphatic rings. The van der Waals surface area contributed by atoms with Crippen LogP contribution in [0.2, 0.25) is 0 Å². The van der Waals surface area contributed by atoms with Crippen molar-refractivity contribution in [2.24, 2.45) is 0 Å². The van der Waals surface area contributed by atoms with E-state index in [0.29, 0.717) is 0 Å². The molecule has 268 valence electrons. The first-order valence-corrected chi connectivity index (χ1v) is 19.2. The fourth-order valence-electron chi connectivity index (χ4n) is 8.50. The van der Waals surface area contributed by atoms with E-state index in [1.54, 1.807) is 0 Å². The van der Waals surface area contributed by atoms with Gasteiger partial charge >= 0.3 is 0 Å². The smallest absolute Gasteiger partial charge is 0.251 e. The Hall–Kier alpha value is -4.24. The molecule has 0 radical (unpaired) electrons. The van der Waals surface area contributed by atoms with Crippen LogP contribution in [0.25, 0.3) is 0 Å². The Bertz CT molecular complexity index is 2100. The summed E-state index contributed by atoms with van der Waals surface area (Å²) in [5.41, 5.74) is 15.5. The van der Waals surface area contributed by atoms with Crippen LogP contribution in [-0.4, -0.2) is 6.71 Å². The molecule has 0 atom stereocenters. The molecule has 0 aromatic heterocycles. The second-order valence-corrected chi connectivity index (χ2v) is 20.0. The highest BCUT2D eigenvalue weighted by Gasteiger charge is 2.47. The SMILES string of the molecule is CC(C)(C)c1ccc(N(c2ccc(C(C)(C)C)cc2)c2ccc3c(c2)B2c4cc(C(C)(C)C)ccc4Oc4ccc(C(C)(C)C)c(c42)C3(C)C)cc1. The Kier molecular flexibility index (Phi) is 8.26. The second kappa shape index (κ2) is 11.9. The van der Waals surface area contributed by atoms with E-state index in [1.807, 2.05) is 0 Å². The number of benzene rings is 5. The third-order valence-corrected chi connectivity index (χ3v) is 11.6. The highest BCUT2D eigenvalue weighted by molar-refractivity contribution is 6.98. The van der Waals surface area contributed by atoms with Crippen LogP contribution in [0.1, 0.15) is 130 Å². The summed E-state index contributed by atoms with van der Waals surface area (Å²) in [5.74, 6) is 1.95. The lowest BCUT2D eigenvalue weighted by atomic mass is 9.30. The molecule has 0 aliphatic carbocycles. The number of hydrogen-bond donors (Lipinski definition) is 0. The minimum absolute atomic E-state index is 0.0131. The largest absolute Gasteiger partial charge is 0.458 e. The van der Waals surface area contributed by atoms with Crippen LogP contribution in [0.4, 0.5) is 17.1 Å². The lowest BCUT2D eigenvalue weighted by Crippen LogP contribution is -2.63. The number of fused-ring (bicyclic) bond motifs is 4. The third-order valence-electron chi connectivity index (χ3n) is 11.6. The van der Waals surface area contributed by atoms with E-state index in [-0.39, 0.29) is 33.8 Å². The number of nitrogens with zero attached hydrogens (tertiary/aromatic N) is 1. The maximum atomic E-state index is 6.85. The first kappa shape index (κ1) is 36.1. The summed E-state index contributed by atoms with van der Waals surface area (Å²) in [7, 11) is 0. The van der Waals surface area contributed by atoms with Gasteiger partial charge in [-0.25, -0.2) is 0 Å². The van der Waals surface area contributed by atoms with Crippen molar-refractivity contribution in [2.45, 2.75) is 124 Å². The van der Waals surface area contributed by atoms with Crippen molar-refractivity contribution in [2.75, 3.05) is 4.90 Å². The molecule has 0 N–H and O–H groups in total. The van der Waals surface area contributed by atoms with Crippen LogP contribution in [0.5, 0.6) is 11.5 Å². The van der Waals surface area contributed by atoms with E-state index < -0.39 is 0 Å². The molecule has 5 aromatic rings. The van der Waals surface area contributed by atoms with Gasteiger partial charge in [0.1, 0.15) is 11.5 Å². The Labute approximate surface area is 314 Å². The summed E-state index contributed by atoms with van der Waals surface area (Å²) in [4.78, 5) is 2.44. The Morgan fingerprint density at radius 3 is 1.46 bits per heavy atom. The standard InChI is InChI=1S/C49H58BNO/c1-45(2,3)31-15-20-34(21-16-31)51(35-22-17-32(18-23-35)46(4,5)6)36-24-25-37-39(30-36)50-40-29-33(47(7,8)9)19-27-41(40)52-42-28-26-38(48(10,11)12)43(44(42)50)49(37,13)14/h15-30H,1-14H3. The van der Waals surface area contributed by atoms with Gasteiger partial charge in [0.2, 0.25) is 0 Å². The molecule has 3 heteroatoms. The number of rotatable bonds is 3. The molecule has 0 saturated carbocycles. The van der Waals surface area contributed by atoms with Gasteiger partial charge in [0.15, 0.2) is 0 Å². The lowest BCUT2D eigenvalue weighted by molar-refractivity contribution is 0.479. The maximum Gasteiger partial charge on any atom is 0.251 e. The van der Waals surface area contributed by atoms with Crippen molar-refractivity contribution in [3.05, 3.63) is 130 Å². The molecule has 0 fully saturated rings. The molecule has 2 nitrogen and oxygen atoms in total. The lowest BCUT2D eigenvalue weighted by Gasteiger charge is -2.45. The molecule has 0 unspecified atom stereocenters. The normalized spacial score (nSPS) is 15.0. The van der Waals surface area contributed by atoms with Crippen LogP contribution in [-0.2, 0) is 27.1 Å². The van der Waals surface area contributed by atoms with Crippen molar-refractivity contribution < 1.29 is 4.74 Å². The van der Waals surface area contributed by atoms with E-state index in [2.05, 4.69) is 199 Å². The van der Waals surface area contributed by atoms with E-state index in [4.69, 9.17) is 4.74 Å². The van der Waals surface area contributed by atoms with E-state index >= 15 is 0 Å². The fourth-order valence-corrected chi connectivity index (χ4v) is 8.50. The van der Waals surface area contributed by atoms with Gasteiger partial charge in [-0.3, -0.25) is 0 Å². The van der Waals surface area contributed by atoms with Gasteiger partial charge in [-0.2, -0.15) is 0 Å². The predicted octanol–water partition coefficient (Wildman–Crippen LogP) is 11.6. The second-order valence-electron chi connectivity index (χ2n) is 20.0. The molecule has 0 saturated heterocycles. The van der Waals surface area contributed by atoms with Crippen LogP contribution in [0.15, 0.2) is 97.1 Å². The molecule has 7 rings (SSSR count). The molecule has 5 aromatic carbocycles. The summed E-state index contributed by atoms with van der Waals surface area (Å²) in [6.07, 6.45) is 0. The highest BCUT2D eigenvalue weighted by atomic mass is 16.5. The minimum Gasteiger partial charge on any atom is -0.458 e. The highest BCUT2D eigenvalue weighted by Crippen LogP contribution is 2.45. The van der Waals surface area contributed by atoms with Crippen molar-refractivity contribution in [3.63, 3.8) is 0 Å². The molecule has 0 spiro atoms. The van der Waals surface area contributed by atoms with E-state index in [1.165, 1.54) is 55.5 Å². The topological polar surface area (TPSA) is 12.5 Å². The zero-order valence-electron chi connectivity index (χ0n) is 34.2. The summed E-state index contributed by atoms with van der Waals surface area (Å²) in [6, 6.07) is 37.1. The zero-order chi connectivity index (χ0) is 37.8. The molecule has 2 aliphatic heterocycles. The number of anilines is 3. The quantitative estimate of drug-likeness (QED) is 0.172. The van der Waals surface area contributed by atoms with Crippen molar-refractivity contribution >= 4 is 40.2 Å². The Balaban J connectivity index is 1.50. The van der Waals surface area contributed by atoms with Crippen molar-refractivity contribution in [3.8, 4) is 11.5 Å². The number of ether oxygens (including phenoxy) is 1. The summed E-state index contributed by atoms with van der Waals surface area (Å²) in [5, 5.41) is 0. The molecule has 0 amide bonds. The fraction of sp³-hybridized carbons (Fsp3) is 0.388. The average Bonchev–Trinajstić information content (AvgIpc) is 3.05. The summed E-state index contributed by atoms with van der Waals surface area (Å²) < 4.78 is 6.85. The molecular formula is C49H58BNO. The monoisotopic (exact) mass is 687 g/mol. The Morgan fingerprint density at radius 1 is 0.481 bits per heavy atom. The van der Waals surface area contributed by atoms with Crippen LogP contribution >= 0.6 is 0 Å². The van der Waals surface area contributed by atoms with Crippen LogP contribution < -0.4 is 26.0 Å². The first-order chi connectivity index (χ1) is 24.1. The van der Waals surface area contributed by atoms with Gasteiger partial charge in [-0.05, 0) is 114 Å². The first-order valence-electron chi connectivity index (χ1n) is 19.2. The zero-order valence-corrected chi connectivity index (χ0v) is 34.2. The summed E-state index contributed by atoms with van der Waals surface area (Å²) in [6.45, 7) is 32.5. The predicted molar refractivity (Wildman–Crippen MR) is 226 cm³/mol. The van der Waals surface area contributed by atoms with Gasteiger partial charge < -0.3 is 9.64 Å². The average molecular weight is 688 g/mol.